The maximum absolute atomic E-state index is 12.0. The van der Waals surface area contributed by atoms with E-state index in [0.29, 0.717) is 15.8 Å². The van der Waals surface area contributed by atoms with Gasteiger partial charge < -0.3 is 15.0 Å². The molecule has 0 aromatic heterocycles. The van der Waals surface area contributed by atoms with Gasteiger partial charge in [0.15, 0.2) is 0 Å². The van der Waals surface area contributed by atoms with Crippen molar-refractivity contribution < 1.29 is 27.8 Å². The summed E-state index contributed by atoms with van der Waals surface area (Å²) >= 11 is -1.61. The van der Waals surface area contributed by atoms with Gasteiger partial charge in [-0.3, -0.25) is 4.79 Å². The summed E-state index contributed by atoms with van der Waals surface area (Å²) in [7, 11) is 12.1. The number of rotatable bonds is 9. The quantitative estimate of drug-likeness (QED) is 0.198. The predicted octanol–water partition coefficient (Wildman–Crippen LogP) is 18.3. The SMILES string of the molecule is C1CCC(P(C2CCCCC2)C2CCCCC2)CC1.C1CCC(P(C2CCCCC2)C2CCCCC2)CC1.CC(C)(C)OC(=O)N[C@@H]1CCCC[C@H]1N1CCC=CC1=O.[Cl][Ru]([Cl])=[CH]c1ccccc1. The molecule has 0 unspecified atom stereocenters. The zero-order valence-electron chi connectivity index (χ0n) is 43.9. The van der Waals surface area contributed by atoms with Crippen LogP contribution in [0.1, 0.15) is 251 Å². The fourth-order valence-electron chi connectivity index (χ4n) is 13.7. The van der Waals surface area contributed by atoms with Crippen molar-refractivity contribution in [1.29, 1.82) is 0 Å². The van der Waals surface area contributed by atoms with Gasteiger partial charge in [0.1, 0.15) is 5.60 Å². The monoisotopic (exact) mass is 1120 g/mol. The molecule has 7 aliphatic carbocycles. The number of benzene rings is 1. The third-order valence-electron chi connectivity index (χ3n) is 16.9. The van der Waals surface area contributed by atoms with Crippen molar-refractivity contribution in [1.82, 2.24) is 10.2 Å². The summed E-state index contributed by atoms with van der Waals surface area (Å²) in [6.45, 7) is 6.30. The molecule has 2 amide bonds. The van der Waals surface area contributed by atoms with Crippen molar-refractivity contribution in [3.8, 4) is 0 Å². The van der Waals surface area contributed by atoms with E-state index in [1.165, 1.54) is 72.5 Å². The summed E-state index contributed by atoms with van der Waals surface area (Å²) in [6, 6.07) is 9.97. The standard InChI is InChI=1S/2C18H33P.C16H26N2O3.C7H6.2ClH.Ru/c2*1-4-10-16(11-5-1)19(17-12-6-2-7-13-17)18-14-8-3-9-15-18;1-16(2,3)21-15(20)17-12-8-4-5-9-13(12)18-11-7-6-10-14(18)19;1-7-5-3-2-4-6-7;;;/h2*16-18H,1-15H2;6,10,12-13H,4-5,7-9,11H2,1-3H3,(H,17,20);1-6H;2*1H;/q;;;;;;+2/p-2/t;;12-,13-;;;;/m..1..../s1. The van der Waals surface area contributed by atoms with E-state index in [0.717, 1.165) is 44.2 Å². The van der Waals surface area contributed by atoms with Gasteiger partial charge in [-0.15, -0.1) is 0 Å². The van der Waals surface area contributed by atoms with E-state index in [4.69, 9.17) is 24.1 Å². The molecular weight excluding hydrogens is 1020 g/mol. The minimum atomic E-state index is -1.61. The number of nitrogens with one attached hydrogen (secondary N) is 1. The van der Waals surface area contributed by atoms with Gasteiger partial charge in [-0.05, 0) is 157 Å². The Balaban J connectivity index is 0.000000155. The first-order valence-electron chi connectivity index (χ1n) is 29.0. The molecule has 0 radical (unpaired) electrons. The van der Waals surface area contributed by atoms with Crippen molar-refractivity contribution in [2.24, 2.45) is 0 Å². The summed E-state index contributed by atoms with van der Waals surface area (Å²) in [6.07, 6.45) is 55.3. The van der Waals surface area contributed by atoms with Crippen LogP contribution in [-0.4, -0.2) is 79.7 Å². The van der Waals surface area contributed by atoms with Crippen molar-refractivity contribution in [2.75, 3.05) is 6.54 Å². The van der Waals surface area contributed by atoms with Crippen molar-refractivity contribution >= 4 is 51.8 Å². The Labute approximate surface area is 438 Å². The zero-order chi connectivity index (χ0) is 48.7. The number of amides is 2. The molecule has 7 saturated carbocycles. The molecule has 1 aliphatic heterocycles. The van der Waals surface area contributed by atoms with E-state index in [1.54, 1.807) is 160 Å². The molecule has 10 heteroatoms. The Morgan fingerprint density at radius 1 is 0.580 bits per heavy atom. The molecule has 1 aromatic rings. The molecule has 1 heterocycles. The van der Waals surface area contributed by atoms with Crippen LogP contribution in [0, 0.1) is 0 Å². The molecule has 0 saturated heterocycles. The molecule has 7 fully saturated rings. The number of carbonyl (C=O) groups is 2. The van der Waals surface area contributed by atoms with Crippen LogP contribution in [0.25, 0.3) is 0 Å². The molecule has 394 valence electrons. The van der Waals surface area contributed by atoms with E-state index in [2.05, 4.69) is 5.32 Å². The Hall–Kier alpha value is -0.367. The zero-order valence-corrected chi connectivity index (χ0v) is 48.9. The summed E-state index contributed by atoms with van der Waals surface area (Å²) < 4.78 is 7.26. The van der Waals surface area contributed by atoms with Gasteiger partial charge in [0.25, 0.3) is 0 Å². The average Bonchev–Trinajstić information content (AvgIpc) is 3.37. The maximum atomic E-state index is 12.0. The van der Waals surface area contributed by atoms with Gasteiger partial charge >= 0.3 is 79.5 Å². The number of nitrogens with zero attached hydrogens (tertiary/aromatic N) is 1. The average molecular weight is 1120 g/mol. The molecule has 5 nitrogen and oxygen atoms in total. The normalized spacial score (nSPS) is 25.6. The second-order valence-corrected chi connectivity index (χ2v) is 35.1. The number of halogens is 2. The fraction of sp³-hybridized carbons (Fsp3) is 0.814. The van der Waals surface area contributed by atoms with E-state index >= 15 is 0 Å². The Kier molecular flexibility index (Phi) is 27.0. The van der Waals surface area contributed by atoms with Crippen molar-refractivity contribution in [3.63, 3.8) is 0 Å². The summed E-state index contributed by atoms with van der Waals surface area (Å²) in [5, 5.41) is 2.96. The molecule has 1 N–H and O–H groups in total. The van der Waals surface area contributed by atoms with Crippen LogP contribution in [0.4, 0.5) is 4.79 Å². The molecular formula is C59H98Cl2N2O3P2Ru. The van der Waals surface area contributed by atoms with Gasteiger partial charge in [0.05, 0.1) is 12.1 Å². The molecule has 0 bridgehead atoms. The summed E-state index contributed by atoms with van der Waals surface area (Å²) in [5.74, 6) is 0.0594. The molecule has 0 spiro atoms. The van der Waals surface area contributed by atoms with Crippen molar-refractivity contribution in [3.05, 3.63) is 48.0 Å². The molecule has 8 aliphatic rings. The number of hydrogen-bond acceptors (Lipinski definition) is 3. The van der Waals surface area contributed by atoms with Crippen LogP contribution in [0.5, 0.6) is 0 Å². The third kappa shape index (κ3) is 20.7. The number of hydrogen-bond donors (Lipinski definition) is 1. The molecule has 2 atom stereocenters. The Bertz CT molecular complexity index is 1500. The van der Waals surface area contributed by atoms with E-state index in [9.17, 15) is 9.59 Å². The third-order valence-corrected chi connectivity index (χ3v) is 26.9. The van der Waals surface area contributed by atoms with Gasteiger partial charge in [-0.1, -0.05) is 150 Å². The van der Waals surface area contributed by atoms with E-state index in [1.807, 2.05) is 66.7 Å². The molecule has 1 aromatic carbocycles. The first-order valence-corrected chi connectivity index (χ1v) is 37.5. The number of carbonyl (C=O) groups excluding carboxylic acids is 2. The number of alkyl carbamates (subject to hydrolysis) is 1. The van der Waals surface area contributed by atoms with Crippen LogP contribution >= 0.6 is 35.2 Å². The van der Waals surface area contributed by atoms with Crippen LogP contribution in [0.2, 0.25) is 0 Å². The Morgan fingerprint density at radius 3 is 1.29 bits per heavy atom. The summed E-state index contributed by atoms with van der Waals surface area (Å²) in [4.78, 5) is 25.9. The molecule has 9 rings (SSSR count). The van der Waals surface area contributed by atoms with Gasteiger partial charge in [0, 0.05) is 6.54 Å². The molecule has 69 heavy (non-hydrogen) atoms. The first-order chi connectivity index (χ1) is 33.6. The topological polar surface area (TPSA) is 58.6 Å². The minimum absolute atomic E-state index is 0.0101. The second-order valence-electron chi connectivity index (χ2n) is 23.2. The summed E-state index contributed by atoms with van der Waals surface area (Å²) in [5.41, 5.74) is 7.75. The van der Waals surface area contributed by atoms with E-state index in [-0.39, 0.29) is 24.1 Å². The Morgan fingerprint density at radius 2 is 0.942 bits per heavy atom. The van der Waals surface area contributed by atoms with Gasteiger partial charge in [-0.2, -0.15) is 0 Å². The van der Waals surface area contributed by atoms with Crippen LogP contribution in [0.15, 0.2) is 42.5 Å². The van der Waals surface area contributed by atoms with Gasteiger partial charge in [0.2, 0.25) is 5.91 Å². The van der Waals surface area contributed by atoms with E-state index < -0.39 is 19.1 Å². The number of ether oxygens (including phenoxy) is 1. The van der Waals surface area contributed by atoms with Crippen molar-refractivity contribution in [2.45, 2.75) is 297 Å². The van der Waals surface area contributed by atoms with Crippen LogP contribution in [0.3, 0.4) is 0 Å². The first kappa shape index (κ1) is 57.9. The van der Waals surface area contributed by atoms with Crippen LogP contribution < -0.4 is 5.32 Å². The second kappa shape index (κ2) is 32.2. The van der Waals surface area contributed by atoms with Gasteiger partial charge in [-0.25, -0.2) is 4.79 Å². The fourth-order valence-corrected chi connectivity index (χ4v) is 24.9. The predicted molar refractivity (Wildman–Crippen MR) is 299 cm³/mol. The van der Waals surface area contributed by atoms with Crippen LogP contribution in [-0.2, 0) is 23.0 Å².